The first kappa shape index (κ1) is 21.6. The number of pyridine rings is 1. The first-order chi connectivity index (χ1) is 15.8. The summed E-state index contributed by atoms with van der Waals surface area (Å²) in [5.41, 5.74) is 1.85. The molecule has 3 atom stereocenters. The smallest absolute Gasteiger partial charge is 0.258 e. The summed E-state index contributed by atoms with van der Waals surface area (Å²) in [4.78, 5) is 26.0. The van der Waals surface area contributed by atoms with Gasteiger partial charge in [-0.1, -0.05) is 32.0 Å². The molecule has 0 bridgehead atoms. The van der Waals surface area contributed by atoms with E-state index in [2.05, 4.69) is 20.3 Å². The number of halogens is 3. The van der Waals surface area contributed by atoms with E-state index in [4.69, 9.17) is 0 Å². The molecule has 33 heavy (non-hydrogen) atoms. The fourth-order valence-corrected chi connectivity index (χ4v) is 4.80. The minimum atomic E-state index is -2.61. The molecule has 1 unspecified atom stereocenters. The number of aromatic nitrogens is 3. The van der Waals surface area contributed by atoms with Crippen molar-refractivity contribution in [2.75, 3.05) is 5.32 Å². The van der Waals surface area contributed by atoms with Crippen LogP contribution in [0.4, 0.5) is 18.9 Å². The monoisotopic (exact) mass is 452 g/mol. The number of fused-ring (bicyclic) bond motifs is 1. The highest BCUT2D eigenvalue weighted by molar-refractivity contribution is 6.06. The molecule has 8 heteroatoms. The summed E-state index contributed by atoms with van der Waals surface area (Å²) >= 11 is 0. The van der Waals surface area contributed by atoms with Crippen LogP contribution >= 0.6 is 0 Å². The normalized spacial score (nSPS) is 22.8. The van der Waals surface area contributed by atoms with Crippen LogP contribution in [0.15, 0.2) is 48.9 Å². The summed E-state index contributed by atoms with van der Waals surface area (Å²) in [6.07, 6.45) is 5.01. The predicted octanol–water partition coefficient (Wildman–Crippen LogP) is 5.81. The molecule has 3 aromatic rings. The summed E-state index contributed by atoms with van der Waals surface area (Å²) in [7, 11) is 0. The maximum atomic E-state index is 14.7. The van der Waals surface area contributed by atoms with Crippen LogP contribution in [0, 0.1) is 17.7 Å². The predicted molar refractivity (Wildman–Crippen MR) is 118 cm³/mol. The third-order valence-electron chi connectivity index (χ3n) is 6.66. The zero-order valence-corrected chi connectivity index (χ0v) is 18.2. The Morgan fingerprint density at radius 1 is 1.03 bits per heavy atom. The van der Waals surface area contributed by atoms with Gasteiger partial charge in [0.15, 0.2) is 0 Å². The lowest BCUT2D eigenvalue weighted by Gasteiger charge is -2.21. The van der Waals surface area contributed by atoms with Crippen molar-refractivity contribution in [1.82, 2.24) is 15.0 Å². The van der Waals surface area contributed by atoms with Crippen LogP contribution in [0.3, 0.4) is 0 Å². The molecule has 2 heterocycles. The standard InChI is InChI=1S/C25H23F3N4O/c1-13(2)23-30-11-15(12-31-23)24(33)32-22-17(16-5-3-4-6-20(16)26)7-8-29-21(22)14-9-18-19(10-14)25(18,27)28/h3-8,11-14,18-19H,9-10H2,1-2H3,(H,32,33)/t14?,18-,19+. The molecule has 0 radical (unpaired) electrons. The number of alkyl halides is 2. The molecule has 1 amide bonds. The molecule has 0 saturated heterocycles. The van der Waals surface area contributed by atoms with E-state index in [0.717, 1.165) is 0 Å². The van der Waals surface area contributed by atoms with Crippen molar-refractivity contribution < 1.29 is 18.0 Å². The number of anilines is 1. The van der Waals surface area contributed by atoms with E-state index in [1.54, 1.807) is 24.3 Å². The molecular formula is C25H23F3N4O. The molecule has 0 spiro atoms. The number of rotatable bonds is 5. The zero-order valence-electron chi connectivity index (χ0n) is 18.2. The second kappa shape index (κ2) is 7.93. The van der Waals surface area contributed by atoms with Gasteiger partial charge >= 0.3 is 0 Å². The Bertz CT molecular complexity index is 1200. The van der Waals surface area contributed by atoms with Crippen LogP contribution in [0.1, 0.15) is 60.4 Å². The van der Waals surface area contributed by atoms with Crippen molar-refractivity contribution in [3.63, 3.8) is 0 Å². The van der Waals surface area contributed by atoms with Crippen LogP contribution in [0.2, 0.25) is 0 Å². The minimum absolute atomic E-state index is 0.117. The van der Waals surface area contributed by atoms with E-state index in [1.165, 1.54) is 24.7 Å². The van der Waals surface area contributed by atoms with Gasteiger partial charge in [0.1, 0.15) is 11.6 Å². The molecule has 5 rings (SSSR count). The molecule has 2 saturated carbocycles. The molecule has 2 aliphatic carbocycles. The third kappa shape index (κ3) is 3.77. The topological polar surface area (TPSA) is 67.8 Å². The van der Waals surface area contributed by atoms with Crippen molar-refractivity contribution in [1.29, 1.82) is 0 Å². The fourth-order valence-electron chi connectivity index (χ4n) is 4.80. The van der Waals surface area contributed by atoms with Gasteiger partial charge in [-0.05, 0) is 25.0 Å². The molecule has 2 aromatic heterocycles. The van der Waals surface area contributed by atoms with Crippen molar-refractivity contribution in [3.8, 4) is 11.1 Å². The SMILES string of the molecule is CC(C)c1ncc(C(=O)Nc2c(-c3ccccc3F)ccnc2C2C[C@@H]3[C@H](C2)C3(F)F)cn1. The fraction of sp³-hybridized carbons (Fsp3) is 0.360. The van der Waals surface area contributed by atoms with E-state index >= 15 is 0 Å². The van der Waals surface area contributed by atoms with Crippen LogP contribution in [0.5, 0.6) is 0 Å². The highest BCUT2D eigenvalue weighted by Gasteiger charge is 2.71. The molecule has 5 nitrogen and oxygen atoms in total. The van der Waals surface area contributed by atoms with E-state index in [-0.39, 0.29) is 17.4 Å². The van der Waals surface area contributed by atoms with Gasteiger partial charge in [-0.3, -0.25) is 9.78 Å². The second-order valence-corrected chi connectivity index (χ2v) is 9.09. The quantitative estimate of drug-likeness (QED) is 0.530. The highest BCUT2D eigenvalue weighted by Crippen LogP contribution is 2.67. The van der Waals surface area contributed by atoms with E-state index in [0.29, 0.717) is 41.2 Å². The summed E-state index contributed by atoms with van der Waals surface area (Å²) in [5, 5.41) is 2.86. The van der Waals surface area contributed by atoms with E-state index in [9.17, 15) is 18.0 Å². The number of hydrogen-bond acceptors (Lipinski definition) is 4. The Morgan fingerprint density at radius 3 is 2.33 bits per heavy atom. The van der Waals surface area contributed by atoms with Gasteiger partial charge in [0.05, 0.1) is 16.9 Å². The number of hydrogen-bond donors (Lipinski definition) is 1. The van der Waals surface area contributed by atoms with Gasteiger partial charge in [-0.15, -0.1) is 0 Å². The summed E-state index contributed by atoms with van der Waals surface area (Å²) in [5.74, 6) is -4.33. The molecule has 2 aliphatic rings. The summed E-state index contributed by atoms with van der Waals surface area (Å²) in [6.45, 7) is 3.90. The average molecular weight is 452 g/mol. The number of nitrogens with zero attached hydrogens (tertiary/aromatic N) is 3. The number of benzene rings is 1. The van der Waals surface area contributed by atoms with Crippen molar-refractivity contribution in [2.24, 2.45) is 11.8 Å². The van der Waals surface area contributed by atoms with Gasteiger partial charge in [-0.2, -0.15) is 0 Å². The number of carbonyl (C=O) groups is 1. The third-order valence-corrected chi connectivity index (χ3v) is 6.66. The van der Waals surface area contributed by atoms with E-state index < -0.39 is 29.5 Å². The second-order valence-electron chi connectivity index (χ2n) is 9.09. The average Bonchev–Trinajstić information content (AvgIpc) is 3.13. The number of nitrogens with one attached hydrogen (secondary N) is 1. The maximum Gasteiger partial charge on any atom is 0.258 e. The van der Waals surface area contributed by atoms with Gasteiger partial charge in [-0.25, -0.2) is 23.1 Å². The van der Waals surface area contributed by atoms with Crippen LogP contribution in [-0.2, 0) is 0 Å². The zero-order chi connectivity index (χ0) is 23.3. The number of amides is 1. The lowest BCUT2D eigenvalue weighted by atomic mass is 9.93. The van der Waals surface area contributed by atoms with Gasteiger partial charge in [0.25, 0.3) is 11.8 Å². The van der Waals surface area contributed by atoms with E-state index in [1.807, 2.05) is 13.8 Å². The Labute approximate surface area is 189 Å². The largest absolute Gasteiger partial charge is 0.320 e. The first-order valence-corrected chi connectivity index (χ1v) is 11.0. The molecule has 170 valence electrons. The Hall–Kier alpha value is -3.29. The lowest BCUT2D eigenvalue weighted by molar-refractivity contribution is 0.0693. The van der Waals surface area contributed by atoms with Gasteiger partial charge in [0.2, 0.25) is 0 Å². The molecular weight excluding hydrogens is 429 g/mol. The van der Waals surface area contributed by atoms with Crippen molar-refractivity contribution in [3.05, 3.63) is 71.8 Å². The molecule has 2 fully saturated rings. The van der Waals surface area contributed by atoms with Crippen LogP contribution in [-0.4, -0.2) is 26.8 Å². The first-order valence-electron chi connectivity index (χ1n) is 11.0. The minimum Gasteiger partial charge on any atom is -0.320 e. The summed E-state index contributed by atoms with van der Waals surface area (Å²) < 4.78 is 42.3. The highest BCUT2D eigenvalue weighted by atomic mass is 19.3. The number of carbonyl (C=O) groups excluding carboxylic acids is 1. The molecule has 1 N–H and O–H groups in total. The molecule has 0 aliphatic heterocycles. The Balaban J connectivity index is 1.52. The van der Waals surface area contributed by atoms with Gasteiger partial charge < -0.3 is 5.32 Å². The van der Waals surface area contributed by atoms with Crippen LogP contribution < -0.4 is 5.32 Å². The lowest BCUT2D eigenvalue weighted by Crippen LogP contribution is -2.18. The van der Waals surface area contributed by atoms with Gasteiger partial charge in [0, 0.05) is 53.4 Å². The van der Waals surface area contributed by atoms with Crippen molar-refractivity contribution in [2.45, 2.75) is 44.4 Å². The van der Waals surface area contributed by atoms with Crippen molar-refractivity contribution >= 4 is 11.6 Å². The Kier molecular flexibility index (Phi) is 5.18. The summed E-state index contributed by atoms with van der Waals surface area (Å²) in [6, 6.07) is 7.86. The van der Waals surface area contributed by atoms with Crippen LogP contribution in [0.25, 0.3) is 11.1 Å². The maximum absolute atomic E-state index is 14.7. The molecule has 1 aromatic carbocycles. The Morgan fingerprint density at radius 2 is 1.70 bits per heavy atom.